The zero-order valence-electron chi connectivity index (χ0n) is 14.2. The topological polar surface area (TPSA) is 46.8 Å². The molecule has 1 aliphatic heterocycles. The van der Waals surface area contributed by atoms with Crippen LogP contribution in [0.1, 0.15) is 11.3 Å². The highest BCUT2D eigenvalue weighted by molar-refractivity contribution is 5.76. The minimum atomic E-state index is -0.252. The molecule has 0 radical (unpaired) electrons. The van der Waals surface area contributed by atoms with E-state index in [1.807, 2.05) is 28.8 Å². The monoisotopic (exact) mass is 345 g/mol. The number of hydrogen-bond donors (Lipinski definition) is 0. The van der Waals surface area contributed by atoms with E-state index in [9.17, 15) is 4.39 Å². The lowest BCUT2D eigenvalue weighted by molar-refractivity contribution is 0.351. The van der Waals surface area contributed by atoms with E-state index >= 15 is 0 Å². The van der Waals surface area contributed by atoms with Crippen LogP contribution in [0.3, 0.4) is 0 Å². The van der Waals surface area contributed by atoms with Gasteiger partial charge in [0.1, 0.15) is 12.1 Å². The molecule has 4 aromatic rings. The predicted molar refractivity (Wildman–Crippen MR) is 97.2 cm³/mol. The fourth-order valence-electron chi connectivity index (χ4n) is 3.47. The Morgan fingerprint density at radius 3 is 2.62 bits per heavy atom. The largest absolute Gasteiger partial charge is 0.296 e. The van der Waals surface area contributed by atoms with E-state index in [4.69, 9.17) is 9.97 Å². The van der Waals surface area contributed by atoms with E-state index in [-0.39, 0.29) is 5.82 Å². The van der Waals surface area contributed by atoms with E-state index in [2.05, 4.69) is 16.9 Å². The molecular weight excluding hydrogens is 329 g/mol. The van der Waals surface area contributed by atoms with Gasteiger partial charge in [-0.2, -0.15) is 0 Å². The van der Waals surface area contributed by atoms with Crippen molar-refractivity contribution in [2.45, 2.75) is 13.1 Å². The van der Waals surface area contributed by atoms with Crippen LogP contribution in [0, 0.1) is 5.82 Å². The van der Waals surface area contributed by atoms with Gasteiger partial charge >= 0.3 is 0 Å². The smallest absolute Gasteiger partial charge is 0.236 e. The molecule has 0 fully saturated rings. The van der Waals surface area contributed by atoms with Crippen LogP contribution in [0.25, 0.3) is 28.2 Å². The quantitative estimate of drug-likeness (QED) is 0.557. The summed E-state index contributed by atoms with van der Waals surface area (Å²) in [5.41, 5.74) is 5.72. The Labute approximate surface area is 149 Å². The van der Waals surface area contributed by atoms with Gasteiger partial charge in [-0.05, 0) is 43.4 Å². The van der Waals surface area contributed by atoms with Crippen molar-refractivity contribution in [3.05, 3.63) is 71.9 Å². The minimum absolute atomic E-state index is 0.252. The highest BCUT2D eigenvalue weighted by atomic mass is 19.1. The molecule has 0 saturated carbocycles. The first-order valence-electron chi connectivity index (χ1n) is 8.46. The van der Waals surface area contributed by atoms with Gasteiger partial charge in [-0.1, -0.05) is 12.1 Å². The summed E-state index contributed by atoms with van der Waals surface area (Å²) in [6.07, 6.45) is 1.75. The fourth-order valence-corrected chi connectivity index (χ4v) is 3.47. The van der Waals surface area contributed by atoms with Gasteiger partial charge < -0.3 is 0 Å². The van der Waals surface area contributed by atoms with Gasteiger partial charge in [0.25, 0.3) is 0 Å². The zero-order chi connectivity index (χ0) is 17.7. The molecule has 0 spiro atoms. The van der Waals surface area contributed by atoms with Gasteiger partial charge in [-0.25, -0.2) is 19.3 Å². The Morgan fingerprint density at radius 1 is 0.962 bits per heavy atom. The van der Waals surface area contributed by atoms with Gasteiger partial charge in [0.2, 0.25) is 5.95 Å². The van der Waals surface area contributed by atoms with Crippen LogP contribution in [0.4, 0.5) is 4.39 Å². The van der Waals surface area contributed by atoms with E-state index in [0.717, 1.165) is 46.6 Å². The van der Waals surface area contributed by atoms with Crippen molar-refractivity contribution >= 4 is 11.0 Å². The van der Waals surface area contributed by atoms with Crippen molar-refractivity contribution < 1.29 is 4.39 Å². The first kappa shape index (κ1) is 15.2. The zero-order valence-corrected chi connectivity index (χ0v) is 14.2. The highest BCUT2D eigenvalue weighted by Crippen LogP contribution is 2.31. The number of rotatable bonds is 2. The van der Waals surface area contributed by atoms with E-state index in [0.29, 0.717) is 5.95 Å². The Morgan fingerprint density at radius 2 is 1.77 bits per heavy atom. The number of benzene rings is 2. The molecule has 0 N–H and O–H groups in total. The van der Waals surface area contributed by atoms with Crippen molar-refractivity contribution in [1.82, 2.24) is 24.4 Å². The third-order valence-electron chi connectivity index (χ3n) is 4.72. The van der Waals surface area contributed by atoms with Crippen molar-refractivity contribution in [1.29, 1.82) is 0 Å². The molecule has 5 nitrogen and oxygen atoms in total. The Hall–Kier alpha value is -3.12. The maximum atomic E-state index is 13.4. The minimum Gasteiger partial charge on any atom is -0.296 e. The summed E-state index contributed by atoms with van der Waals surface area (Å²) in [5, 5.41) is 0. The molecule has 0 saturated heterocycles. The number of aromatic nitrogens is 4. The molecule has 0 atom stereocenters. The van der Waals surface area contributed by atoms with Crippen molar-refractivity contribution in [2.75, 3.05) is 7.05 Å². The summed E-state index contributed by atoms with van der Waals surface area (Å²) in [5.74, 6) is 0.337. The number of para-hydroxylation sites is 2. The molecule has 6 heteroatoms. The maximum Gasteiger partial charge on any atom is 0.236 e. The molecule has 0 aliphatic carbocycles. The van der Waals surface area contributed by atoms with Crippen LogP contribution in [0.5, 0.6) is 0 Å². The third kappa shape index (κ3) is 2.38. The molecule has 0 amide bonds. The fraction of sp³-hybridized carbons (Fsp3) is 0.150. The van der Waals surface area contributed by atoms with Crippen molar-refractivity contribution in [3.8, 4) is 17.2 Å². The maximum absolute atomic E-state index is 13.4. The standard InChI is InChI=1S/C20H16FN5/c1-25-10-15-17(11-25)23-20(24-19(15)13-6-8-14(21)9-7-13)26-12-22-16-4-2-3-5-18(16)26/h2-9,12H,10-11H2,1H3. The molecule has 0 bridgehead atoms. The molecule has 2 aromatic carbocycles. The summed E-state index contributed by atoms with van der Waals surface area (Å²) in [6, 6.07) is 14.4. The summed E-state index contributed by atoms with van der Waals surface area (Å²) >= 11 is 0. The van der Waals surface area contributed by atoms with E-state index in [1.165, 1.54) is 12.1 Å². The second-order valence-electron chi connectivity index (χ2n) is 6.58. The van der Waals surface area contributed by atoms with Crippen molar-refractivity contribution in [2.24, 2.45) is 0 Å². The lowest BCUT2D eigenvalue weighted by Gasteiger charge is -2.11. The van der Waals surface area contributed by atoms with Crippen LogP contribution < -0.4 is 0 Å². The molecular formula is C20H16FN5. The van der Waals surface area contributed by atoms with Crippen LogP contribution in [0.15, 0.2) is 54.9 Å². The average molecular weight is 345 g/mol. The molecule has 128 valence electrons. The van der Waals surface area contributed by atoms with Crippen LogP contribution in [0.2, 0.25) is 0 Å². The molecule has 3 heterocycles. The van der Waals surface area contributed by atoms with Gasteiger partial charge in [-0.3, -0.25) is 9.47 Å². The summed E-state index contributed by atoms with van der Waals surface area (Å²) in [7, 11) is 2.06. The summed E-state index contributed by atoms with van der Waals surface area (Å²) < 4.78 is 15.3. The molecule has 26 heavy (non-hydrogen) atoms. The lowest BCUT2D eigenvalue weighted by atomic mass is 10.1. The number of imidazole rings is 1. The number of halogens is 1. The highest BCUT2D eigenvalue weighted by Gasteiger charge is 2.24. The number of fused-ring (bicyclic) bond motifs is 2. The van der Waals surface area contributed by atoms with Gasteiger partial charge in [0.15, 0.2) is 0 Å². The first-order valence-corrected chi connectivity index (χ1v) is 8.46. The van der Waals surface area contributed by atoms with Crippen LogP contribution in [-0.2, 0) is 13.1 Å². The van der Waals surface area contributed by atoms with Crippen molar-refractivity contribution in [3.63, 3.8) is 0 Å². The Balaban J connectivity index is 1.74. The van der Waals surface area contributed by atoms with Crippen LogP contribution in [-0.4, -0.2) is 31.5 Å². The van der Waals surface area contributed by atoms with E-state index in [1.54, 1.807) is 18.5 Å². The first-order chi connectivity index (χ1) is 12.7. The summed E-state index contributed by atoms with van der Waals surface area (Å²) in [6.45, 7) is 1.55. The molecule has 2 aromatic heterocycles. The molecule has 1 aliphatic rings. The van der Waals surface area contributed by atoms with E-state index < -0.39 is 0 Å². The predicted octanol–water partition coefficient (Wildman–Crippen LogP) is 3.57. The average Bonchev–Trinajstić information content (AvgIpc) is 3.24. The van der Waals surface area contributed by atoms with Crippen LogP contribution >= 0.6 is 0 Å². The van der Waals surface area contributed by atoms with Gasteiger partial charge in [-0.15, -0.1) is 0 Å². The molecule has 5 rings (SSSR count). The lowest BCUT2D eigenvalue weighted by Crippen LogP contribution is -2.08. The molecule has 0 unspecified atom stereocenters. The SMILES string of the molecule is CN1Cc2nc(-n3cnc4ccccc43)nc(-c3ccc(F)cc3)c2C1. The second-order valence-corrected chi connectivity index (χ2v) is 6.58. The van der Waals surface area contributed by atoms with Gasteiger partial charge in [0.05, 0.1) is 22.4 Å². The summed E-state index contributed by atoms with van der Waals surface area (Å²) in [4.78, 5) is 16.3. The third-order valence-corrected chi connectivity index (χ3v) is 4.72. The number of nitrogens with zero attached hydrogens (tertiary/aromatic N) is 5. The second kappa shape index (κ2) is 5.71. The normalized spacial score (nSPS) is 14.1. The number of hydrogen-bond acceptors (Lipinski definition) is 4. The Kier molecular flexibility index (Phi) is 3.33. The Bertz CT molecular complexity index is 1120. The van der Waals surface area contributed by atoms with Gasteiger partial charge in [0, 0.05) is 24.2 Å².